The predicted octanol–water partition coefficient (Wildman–Crippen LogP) is 3.40. The average molecular weight is 348 g/mol. The molecular weight excluding hydrogens is 334 g/mol. The van der Waals surface area contributed by atoms with Gasteiger partial charge >= 0.3 is 0 Å². The maximum absolute atomic E-state index is 9.09. The number of halogens is 1. The Hall–Kier alpha value is -1.92. The van der Waals surface area contributed by atoms with Gasteiger partial charge in [-0.15, -0.1) is 10.2 Å². The van der Waals surface area contributed by atoms with Crippen molar-refractivity contribution in [1.29, 1.82) is 0 Å². The molecule has 0 bridgehead atoms. The third-order valence-electron chi connectivity index (χ3n) is 3.25. The molecule has 21 heavy (non-hydrogen) atoms. The van der Waals surface area contributed by atoms with Crippen molar-refractivity contribution in [2.24, 2.45) is 0 Å². The number of hydrogen-bond donors (Lipinski definition) is 1. The highest BCUT2D eigenvalue weighted by Gasteiger charge is 2.19. The van der Waals surface area contributed by atoms with Gasteiger partial charge in [-0.3, -0.25) is 0 Å². The molecule has 0 saturated heterocycles. The Balaban J connectivity index is 2.21. The molecular formula is C15H14BrN3O2. The van der Waals surface area contributed by atoms with Crippen molar-refractivity contribution < 1.29 is 9.52 Å². The van der Waals surface area contributed by atoms with E-state index in [1.54, 1.807) is 0 Å². The lowest BCUT2D eigenvalue weighted by molar-refractivity contribution is 0.241. The quantitative estimate of drug-likeness (QED) is 0.788. The zero-order chi connectivity index (χ0) is 15.0. The Morgan fingerprint density at radius 2 is 2.05 bits per heavy atom. The number of benzene rings is 1. The summed E-state index contributed by atoms with van der Waals surface area (Å²) in [6, 6.07) is 10.1. The molecule has 0 amide bonds. The summed E-state index contributed by atoms with van der Waals surface area (Å²) in [5.41, 5.74) is 3.97. The fourth-order valence-corrected chi connectivity index (χ4v) is 2.81. The molecule has 0 aliphatic rings. The Bertz CT molecular complexity index is 792. The van der Waals surface area contributed by atoms with Crippen molar-refractivity contribution >= 4 is 15.9 Å². The molecule has 3 rings (SSSR count). The molecule has 2 aromatic heterocycles. The van der Waals surface area contributed by atoms with Crippen LogP contribution in [-0.4, -0.2) is 19.9 Å². The normalized spacial score (nSPS) is 11.0. The first-order chi connectivity index (χ1) is 10.1. The van der Waals surface area contributed by atoms with Gasteiger partial charge in [0.15, 0.2) is 0 Å². The van der Waals surface area contributed by atoms with E-state index < -0.39 is 0 Å². The van der Waals surface area contributed by atoms with E-state index in [0.717, 1.165) is 27.1 Å². The lowest BCUT2D eigenvalue weighted by atomic mass is 10.2. The summed E-state index contributed by atoms with van der Waals surface area (Å²) in [4.78, 5) is 0. The maximum atomic E-state index is 9.09. The van der Waals surface area contributed by atoms with Gasteiger partial charge in [-0.05, 0) is 43.7 Å². The van der Waals surface area contributed by atoms with E-state index in [9.17, 15) is 0 Å². The largest absolute Gasteiger partial charge is 0.417 e. The zero-order valence-electron chi connectivity index (χ0n) is 11.7. The van der Waals surface area contributed by atoms with Crippen LogP contribution in [0.2, 0.25) is 0 Å². The second kappa shape index (κ2) is 5.46. The fourth-order valence-electron chi connectivity index (χ4n) is 2.42. The Labute approximate surface area is 130 Å². The molecule has 0 atom stereocenters. The highest BCUT2D eigenvalue weighted by Crippen LogP contribution is 2.30. The summed E-state index contributed by atoms with van der Waals surface area (Å²) >= 11 is 3.49. The van der Waals surface area contributed by atoms with Crippen LogP contribution in [0.15, 0.2) is 39.2 Å². The number of aryl methyl sites for hydroxylation is 2. The lowest BCUT2D eigenvalue weighted by Gasteiger charge is -2.10. The summed E-state index contributed by atoms with van der Waals surface area (Å²) in [5.74, 6) is 0.619. The van der Waals surface area contributed by atoms with Gasteiger partial charge in [0.2, 0.25) is 5.89 Å². The molecule has 0 spiro atoms. The van der Waals surface area contributed by atoms with E-state index in [4.69, 9.17) is 9.52 Å². The first-order valence-corrected chi connectivity index (χ1v) is 7.28. The van der Waals surface area contributed by atoms with E-state index in [0.29, 0.717) is 5.89 Å². The summed E-state index contributed by atoms with van der Waals surface area (Å²) < 4.78 is 8.56. The standard InChI is InChI=1S/C15H14BrN3O2/c1-9-6-10(2)19(12-5-3-4-11(16)7-12)14(9)15-18-17-13(8-20)21-15/h3-7,20H,8H2,1-2H3. The van der Waals surface area contributed by atoms with Crippen LogP contribution in [0, 0.1) is 13.8 Å². The van der Waals surface area contributed by atoms with Crippen molar-refractivity contribution in [3.05, 3.63) is 52.0 Å². The number of aliphatic hydroxyl groups is 1. The molecule has 2 heterocycles. The molecule has 6 heteroatoms. The van der Waals surface area contributed by atoms with Crippen LogP contribution in [0.5, 0.6) is 0 Å². The third-order valence-corrected chi connectivity index (χ3v) is 3.74. The van der Waals surface area contributed by atoms with Crippen LogP contribution in [0.1, 0.15) is 17.1 Å². The van der Waals surface area contributed by atoms with Crippen LogP contribution in [0.4, 0.5) is 0 Å². The summed E-state index contributed by atoms with van der Waals surface area (Å²) in [6.45, 7) is 3.77. The predicted molar refractivity (Wildman–Crippen MR) is 82.2 cm³/mol. The molecule has 0 saturated carbocycles. The van der Waals surface area contributed by atoms with Crippen molar-refractivity contribution in [3.8, 4) is 17.3 Å². The second-order valence-corrected chi connectivity index (χ2v) is 5.71. The molecule has 1 N–H and O–H groups in total. The van der Waals surface area contributed by atoms with Crippen molar-refractivity contribution in [2.45, 2.75) is 20.5 Å². The smallest absolute Gasteiger partial charge is 0.265 e. The van der Waals surface area contributed by atoms with Crippen LogP contribution in [0.3, 0.4) is 0 Å². The van der Waals surface area contributed by atoms with E-state index in [2.05, 4.69) is 36.8 Å². The van der Waals surface area contributed by atoms with Gasteiger partial charge in [0, 0.05) is 15.9 Å². The Kier molecular flexibility index (Phi) is 3.65. The van der Waals surface area contributed by atoms with E-state index in [1.807, 2.05) is 38.1 Å². The molecule has 108 valence electrons. The summed E-state index contributed by atoms with van der Waals surface area (Å²) in [5, 5.41) is 16.9. The summed E-state index contributed by atoms with van der Waals surface area (Å²) in [6.07, 6.45) is 0. The average Bonchev–Trinajstić information content (AvgIpc) is 3.02. The van der Waals surface area contributed by atoms with Gasteiger partial charge in [-0.25, -0.2) is 0 Å². The van der Waals surface area contributed by atoms with Gasteiger partial charge in [0.1, 0.15) is 12.3 Å². The molecule has 0 radical (unpaired) electrons. The monoisotopic (exact) mass is 347 g/mol. The maximum Gasteiger partial charge on any atom is 0.265 e. The van der Waals surface area contributed by atoms with Gasteiger partial charge < -0.3 is 14.1 Å². The van der Waals surface area contributed by atoms with Gasteiger partial charge in [0.25, 0.3) is 5.89 Å². The van der Waals surface area contributed by atoms with Crippen LogP contribution in [-0.2, 0) is 6.61 Å². The zero-order valence-corrected chi connectivity index (χ0v) is 13.3. The molecule has 5 nitrogen and oxygen atoms in total. The number of aliphatic hydroxyl groups excluding tert-OH is 1. The molecule has 0 fully saturated rings. The number of hydrogen-bond acceptors (Lipinski definition) is 4. The van der Waals surface area contributed by atoms with Crippen molar-refractivity contribution in [2.75, 3.05) is 0 Å². The van der Waals surface area contributed by atoms with E-state index in [1.165, 1.54) is 0 Å². The van der Waals surface area contributed by atoms with Crippen molar-refractivity contribution in [1.82, 2.24) is 14.8 Å². The number of rotatable bonds is 3. The van der Waals surface area contributed by atoms with Gasteiger partial charge in [-0.2, -0.15) is 0 Å². The topological polar surface area (TPSA) is 64.1 Å². The van der Waals surface area contributed by atoms with Crippen LogP contribution >= 0.6 is 15.9 Å². The van der Waals surface area contributed by atoms with Crippen molar-refractivity contribution in [3.63, 3.8) is 0 Å². The minimum atomic E-state index is -0.261. The Morgan fingerprint density at radius 3 is 2.71 bits per heavy atom. The molecule has 0 unspecified atom stereocenters. The van der Waals surface area contributed by atoms with Crippen LogP contribution in [0.25, 0.3) is 17.3 Å². The number of nitrogens with zero attached hydrogens (tertiary/aromatic N) is 3. The molecule has 0 aliphatic carbocycles. The second-order valence-electron chi connectivity index (χ2n) is 4.79. The number of aromatic nitrogens is 3. The molecule has 1 aromatic carbocycles. The molecule has 3 aromatic rings. The molecule has 0 aliphatic heterocycles. The Morgan fingerprint density at radius 1 is 1.24 bits per heavy atom. The van der Waals surface area contributed by atoms with E-state index >= 15 is 0 Å². The summed E-state index contributed by atoms with van der Waals surface area (Å²) in [7, 11) is 0. The van der Waals surface area contributed by atoms with Crippen LogP contribution < -0.4 is 0 Å². The van der Waals surface area contributed by atoms with Gasteiger partial charge in [0.05, 0.1) is 0 Å². The minimum Gasteiger partial charge on any atom is -0.417 e. The highest BCUT2D eigenvalue weighted by atomic mass is 79.9. The minimum absolute atomic E-state index is 0.212. The van der Waals surface area contributed by atoms with Gasteiger partial charge in [-0.1, -0.05) is 22.0 Å². The first-order valence-electron chi connectivity index (χ1n) is 6.48. The fraction of sp³-hybridized carbons (Fsp3) is 0.200. The lowest BCUT2D eigenvalue weighted by Crippen LogP contribution is -1.99. The SMILES string of the molecule is Cc1cc(C)n(-c2cccc(Br)c2)c1-c1nnc(CO)o1. The third kappa shape index (κ3) is 2.52. The first kappa shape index (κ1) is 14.0. The van der Waals surface area contributed by atoms with E-state index in [-0.39, 0.29) is 12.5 Å². The highest BCUT2D eigenvalue weighted by molar-refractivity contribution is 9.10.